The van der Waals surface area contributed by atoms with Gasteiger partial charge in [-0.05, 0) is 31.2 Å². The van der Waals surface area contributed by atoms with E-state index in [1.165, 1.54) is 4.90 Å². The lowest BCUT2D eigenvalue weighted by Gasteiger charge is -2.28. The van der Waals surface area contributed by atoms with E-state index in [4.69, 9.17) is 17.2 Å². The van der Waals surface area contributed by atoms with Crippen molar-refractivity contribution >= 4 is 29.7 Å². The Kier molecular flexibility index (Phi) is 11.1. The van der Waals surface area contributed by atoms with Crippen molar-refractivity contribution < 1.29 is 29.4 Å². The molecule has 1 fully saturated rings. The predicted molar refractivity (Wildman–Crippen MR) is 131 cm³/mol. The zero-order chi connectivity index (χ0) is 26.7. The van der Waals surface area contributed by atoms with Crippen LogP contribution in [0.25, 0.3) is 0 Å². The van der Waals surface area contributed by atoms with Crippen LogP contribution in [0.5, 0.6) is 0 Å². The first-order valence-electron chi connectivity index (χ1n) is 11.7. The van der Waals surface area contributed by atoms with E-state index < -0.39 is 54.5 Å². The molecule has 3 amide bonds. The normalized spacial score (nSPS) is 17.5. The van der Waals surface area contributed by atoms with Crippen molar-refractivity contribution in [3.63, 3.8) is 0 Å². The number of nitrogens with one attached hydrogen (secondary N) is 2. The van der Waals surface area contributed by atoms with Crippen LogP contribution in [-0.4, -0.2) is 88.6 Å². The van der Waals surface area contributed by atoms with Gasteiger partial charge in [-0.2, -0.15) is 0 Å². The largest absolute Gasteiger partial charge is 0.480 e. The molecule has 1 aromatic carbocycles. The van der Waals surface area contributed by atoms with Crippen molar-refractivity contribution in [3.8, 4) is 0 Å². The van der Waals surface area contributed by atoms with E-state index in [-0.39, 0.29) is 25.3 Å². The number of hydrogen-bond acceptors (Lipinski definition) is 7. The summed E-state index contributed by atoms with van der Waals surface area (Å²) in [6, 6.07) is 4.63. The Morgan fingerprint density at radius 2 is 1.81 bits per heavy atom. The fourth-order valence-corrected chi connectivity index (χ4v) is 3.95. The molecule has 0 saturated carbocycles. The van der Waals surface area contributed by atoms with E-state index in [0.717, 1.165) is 5.56 Å². The standard InChI is InChI=1S/C23H35N7O6/c24-15(13-31)21(34)30-11-5-9-18(30)20(33)29-17(12-14-6-2-1-3-7-14)19(32)28-16(22(35)36)8-4-10-27-23(25)26/h1-3,6-7,15-18,31H,4-5,8-13,24H2,(H,28,32)(H,29,33)(H,35,36)(H4,25,26,27). The molecule has 4 unspecified atom stereocenters. The second-order valence-electron chi connectivity index (χ2n) is 8.58. The molecule has 36 heavy (non-hydrogen) atoms. The molecule has 4 atom stereocenters. The van der Waals surface area contributed by atoms with Crippen LogP contribution < -0.4 is 27.8 Å². The molecule has 0 bridgehead atoms. The summed E-state index contributed by atoms with van der Waals surface area (Å²) in [5.74, 6) is -3.13. The van der Waals surface area contributed by atoms with Gasteiger partial charge in [0.25, 0.3) is 0 Å². The smallest absolute Gasteiger partial charge is 0.326 e. The number of carbonyl (C=O) groups excluding carboxylic acids is 3. The number of aliphatic imine (C=N–C) groups is 1. The van der Waals surface area contributed by atoms with Crippen molar-refractivity contribution in [2.75, 3.05) is 19.7 Å². The third kappa shape index (κ3) is 8.50. The van der Waals surface area contributed by atoms with Crippen molar-refractivity contribution in [1.29, 1.82) is 0 Å². The minimum absolute atomic E-state index is 0.0772. The van der Waals surface area contributed by atoms with Crippen LogP contribution in [0.3, 0.4) is 0 Å². The molecule has 0 radical (unpaired) electrons. The van der Waals surface area contributed by atoms with Crippen molar-refractivity contribution in [3.05, 3.63) is 35.9 Å². The van der Waals surface area contributed by atoms with E-state index in [0.29, 0.717) is 25.8 Å². The van der Waals surface area contributed by atoms with Gasteiger partial charge in [-0.3, -0.25) is 19.4 Å². The van der Waals surface area contributed by atoms with E-state index >= 15 is 0 Å². The average molecular weight is 506 g/mol. The van der Waals surface area contributed by atoms with Crippen LogP contribution in [-0.2, 0) is 25.6 Å². The Morgan fingerprint density at radius 1 is 1.11 bits per heavy atom. The summed E-state index contributed by atoms with van der Waals surface area (Å²) < 4.78 is 0. The molecule has 0 spiro atoms. The zero-order valence-electron chi connectivity index (χ0n) is 20.0. The molecular formula is C23H35N7O6. The van der Waals surface area contributed by atoms with Gasteiger partial charge in [0.05, 0.1) is 6.61 Å². The number of rotatable bonds is 13. The number of carboxylic acid groups (broad SMARTS) is 1. The van der Waals surface area contributed by atoms with Crippen LogP contribution in [0.1, 0.15) is 31.2 Å². The molecule has 0 aromatic heterocycles. The third-order valence-electron chi connectivity index (χ3n) is 5.83. The minimum atomic E-state index is -1.23. The number of aliphatic hydroxyl groups is 1. The Morgan fingerprint density at radius 3 is 2.42 bits per heavy atom. The number of carboxylic acids is 1. The number of carbonyl (C=O) groups is 4. The number of nitrogens with two attached hydrogens (primary N) is 3. The molecule has 1 aliphatic rings. The summed E-state index contributed by atoms with van der Waals surface area (Å²) in [5.41, 5.74) is 16.9. The van der Waals surface area contributed by atoms with Gasteiger partial charge in [-0.25, -0.2) is 4.79 Å². The van der Waals surface area contributed by atoms with E-state index in [2.05, 4.69) is 15.6 Å². The first kappa shape index (κ1) is 28.5. The quantitative estimate of drug-likeness (QED) is 0.0863. The lowest BCUT2D eigenvalue weighted by atomic mass is 10.0. The topological polar surface area (TPSA) is 226 Å². The fourth-order valence-electron chi connectivity index (χ4n) is 3.95. The van der Waals surface area contributed by atoms with Gasteiger partial charge in [-0.15, -0.1) is 0 Å². The second kappa shape index (κ2) is 14.0. The first-order chi connectivity index (χ1) is 17.1. The summed E-state index contributed by atoms with van der Waals surface area (Å²) in [6.45, 7) is -0.0484. The van der Waals surface area contributed by atoms with Crippen LogP contribution >= 0.6 is 0 Å². The number of likely N-dealkylation sites (tertiary alicyclic amines) is 1. The third-order valence-corrected chi connectivity index (χ3v) is 5.83. The highest BCUT2D eigenvalue weighted by Gasteiger charge is 2.37. The number of hydrogen-bond donors (Lipinski definition) is 7. The molecule has 1 aliphatic heterocycles. The SMILES string of the molecule is NC(N)=NCCCC(NC(=O)C(Cc1ccccc1)NC(=O)C1CCCN1C(=O)C(N)CO)C(=O)O. The molecule has 2 rings (SSSR count). The molecule has 198 valence electrons. The Labute approximate surface area is 209 Å². The highest BCUT2D eigenvalue weighted by Crippen LogP contribution is 2.19. The van der Waals surface area contributed by atoms with Crippen LogP contribution in [0, 0.1) is 0 Å². The van der Waals surface area contributed by atoms with Gasteiger partial charge >= 0.3 is 5.97 Å². The van der Waals surface area contributed by atoms with E-state index in [1.54, 1.807) is 30.3 Å². The molecule has 0 aliphatic carbocycles. The maximum absolute atomic E-state index is 13.1. The lowest BCUT2D eigenvalue weighted by molar-refractivity contribution is -0.143. The van der Waals surface area contributed by atoms with Gasteiger partial charge in [0, 0.05) is 19.5 Å². The van der Waals surface area contributed by atoms with Gasteiger partial charge < -0.3 is 42.9 Å². The summed E-state index contributed by atoms with van der Waals surface area (Å²) in [7, 11) is 0. The second-order valence-corrected chi connectivity index (χ2v) is 8.58. The number of amides is 3. The lowest BCUT2D eigenvalue weighted by Crippen LogP contribution is -2.57. The predicted octanol–water partition coefficient (Wildman–Crippen LogP) is -2.35. The average Bonchev–Trinajstić information content (AvgIpc) is 3.34. The number of nitrogens with zero attached hydrogens (tertiary/aromatic N) is 2. The molecule has 1 heterocycles. The zero-order valence-corrected chi connectivity index (χ0v) is 20.0. The van der Waals surface area contributed by atoms with Crippen molar-refractivity contribution in [2.45, 2.75) is 56.3 Å². The van der Waals surface area contributed by atoms with Gasteiger partial charge in [0.15, 0.2) is 5.96 Å². The number of aliphatic carboxylic acids is 1. The fraction of sp³-hybridized carbons (Fsp3) is 0.522. The summed E-state index contributed by atoms with van der Waals surface area (Å²) >= 11 is 0. The highest BCUT2D eigenvalue weighted by molar-refractivity contribution is 5.94. The van der Waals surface area contributed by atoms with E-state index in [1.807, 2.05) is 0 Å². The van der Waals surface area contributed by atoms with E-state index in [9.17, 15) is 29.4 Å². The molecule has 1 aromatic rings. The summed E-state index contributed by atoms with van der Waals surface area (Å²) in [6.07, 6.45) is 1.44. The molecule has 1 saturated heterocycles. The highest BCUT2D eigenvalue weighted by atomic mass is 16.4. The van der Waals surface area contributed by atoms with Crippen LogP contribution in [0.4, 0.5) is 0 Å². The van der Waals surface area contributed by atoms with Gasteiger partial charge in [-0.1, -0.05) is 30.3 Å². The maximum Gasteiger partial charge on any atom is 0.326 e. The van der Waals surface area contributed by atoms with Crippen LogP contribution in [0.2, 0.25) is 0 Å². The van der Waals surface area contributed by atoms with Gasteiger partial charge in [0.2, 0.25) is 17.7 Å². The first-order valence-corrected chi connectivity index (χ1v) is 11.7. The summed E-state index contributed by atoms with van der Waals surface area (Å²) in [4.78, 5) is 55.6. The number of aliphatic hydroxyl groups excluding tert-OH is 1. The van der Waals surface area contributed by atoms with Crippen LogP contribution in [0.15, 0.2) is 35.3 Å². The van der Waals surface area contributed by atoms with Crippen molar-refractivity contribution in [1.82, 2.24) is 15.5 Å². The summed E-state index contributed by atoms with van der Waals surface area (Å²) in [5, 5.41) is 23.9. The number of benzene rings is 1. The molecule has 10 N–H and O–H groups in total. The monoisotopic (exact) mass is 505 g/mol. The van der Waals surface area contributed by atoms with Crippen molar-refractivity contribution in [2.24, 2.45) is 22.2 Å². The molecule has 13 heteroatoms. The minimum Gasteiger partial charge on any atom is -0.480 e. The Hall–Kier alpha value is -3.71. The molecule has 13 nitrogen and oxygen atoms in total. The Balaban J connectivity index is 2.15. The molecular weight excluding hydrogens is 470 g/mol. The van der Waals surface area contributed by atoms with Gasteiger partial charge in [0.1, 0.15) is 24.2 Å². The number of guanidine groups is 1. The maximum atomic E-state index is 13.1. The Bertz CT molecular complexity index is 938.